The van der Waals surface area contributed by atoms with Crippen molar-refractivity contribution in [2.75, 3.05) is 6.54 Å². The van der Waals surface area contributed by atoms with Crippen LogP contribution in [0.1, 0.15) is 29.2 Å². The van der Waals surface area contributed by atoms with Gasteiger partial charge in [0.1, 0.15) is 5.82 Å². The van der Waals surface area contributed by atoms with Gasteiger partial charge in [0.25, 0.3) is 0 Å². The fraction of sp³-hybridized carbons (Fsp3) is 0.455. The van der Waals surface area contributed by atoms with Gasteiger partial charge in [0, 0.05) is 5.56 Å². The summed E-state index contributed by atoms with van der Waals surface area (Å²) in [6.45, 7) is 3.93. The summed E-state index contributed by atoms with van der Waals surface area (Å²) >= 11 is 0. The SMILES string of the molecule is Cc1cc(C)c(F)c(C(O)CCN)c1. The van der Waals surface area contributed by atoms with Crippen molar-refractivity contribution < 1.29 is 9.50 Å². The van der Waals surface area contributed by atoms with Crippen molar-refractivity contribution in [1.29, 1.82) is 0 Å². The van der Waals surface area contributed by atoms with Crippen molar-refractivity contribution >= 4 is 0 Å². The van der Waals surface area contributed by atoms with Gasteiger partial charge < -0.3 is 10.8 Å². The molecule has 0 saturated carbocycles. The molecule has 0 fully saturated rings. The molecule has 78 valence electrons. The number of aliphatic hydroxyl groups excluding tert-OH is 1. The van der Waals surface area contributed by atoms with E-state index in [0.29, 0.717) is 24.1 Å². The highest BCUT2D eigenvalue weighted by Gasteiger charge is 2.14. The molecule has 1 aromatic carbocycles. The second-order valence-electron chi connectivity index (χ2n) is 3.58. The van der Waals surface area contributed by atoms with Crippen LogP contribution in [0.3, 0.4) is 0 Å². The number of benzene rings is 1. The summed E-state index contributed by atoms with van der Waals surface area (Å²) in [4.78, 5) is 0. The van der Waals surface area contributed by atoms with Crippen LogP contribution in [0, 0.1) is 19.7 Å². The van der Waals surface area contributed by atoms with Crippen LogP contribution in [0.5, 0.6) is 0 Å². The molecular weight excluding hydrogens is 181 g/mol. The number of halogens is 1. The van der Waals surface area contributed by atoms with Crippen molar-refractivity contribution in [3.05, 3.63) is 34.6 Å². The van der Waals surface area contributed by atoms with Crippen LogP contribution >= 0.6 is 0 Å². The van der Waals surface area contributed by atoms with E-state index in [9.17, 15) is 9.50 Å². The minimum absolute atomic E-state index is 0.323. The van der Waals surface area contributed by atoms with Gasteiger partial charge in [0.2, 0.25) is 0 Å². The predicted molar refractivity (Wildman–Crippen MR) is 54.5 cm³/mol. The van der Waals surface area contributed by atoms with E-state index in [2.05, 4.69) is 0 Å². The zero-order valence-electron chi connectivity index (χ0n) is 8.55. The Kier molecular flexibility index (Phi) is 3.61. The molecule has 1 atom stereocenters. The molecule has 2 nitrogen and oxygen atoms in total. The number of aliphatic hydroxyl groups is 1. The Morgan fingerprint density at radius 2 is 2.07 bits per heavy atom. The first-order valence-corrected chi connectivity index (χ1v) is 4.71. The topological polar surface area (TPSA) is 46.2 Å². The minimum Gasteiger partial charge on any atom is -0.388 e. The number of rotatable bonds is 3. The first-order chi connectivity index (χ1) is 6.56. The number of hydrogen-bond donors (Lipinski definition) is 2. The molecule has 0 aliphatic rings. The fourth-order valence-corrected chi connectivity index (χ4v) is 1.54. The van der Waals surface area contributed by atoms with Crippen LogP contribution in [0.25, 0.3) is 0 Å². The molecule has 1 aromatic rings. The van der Waals surface area contributed by atoms with Crippen LogP contribution in [0.4, 0.5) is 4.39 Å². The average Bonchev–Trinajstić information content (AvgIpc) is 2.11. The van der Waals surface area contributed by atoms with Crippen molar-refractivity contribution in [3.63, 3.8) is 0 Å². The van der Waals surface area contributed by atoms with Gasteiger partial charge in [-0.15, -0.1) is 0 Å². The smallest absolute Gasteiger partial charge is 0.131 e. The van der Waals surface area contributed by atoms with E-state index < -0.39 is 6.10 Å². The lowest BCUT2D eigenvalue weighted by molar-refractivity contribution is 0.165. The summed E-state index contributed by atoms with van der Waals surface area (Å²) in [6, 6.07) is 3.43. The molecule has 0 spiro atoms. The predicted octanol–water partition coefficient (Wildman–Crippen LogP) is 1.82. The minimum atomic E-state index is -0.793. The molecule has 0 radical (unpaired) electrons. The summed E-state index contributed by atoms with van der Waals surface area (Å²) in [5.41, 5.74) is 7.18. The van der Waals surface area contributed by atoms with Crippen molar-refractivity contribution in [2.24, 2.45) is 5.73 Å². The second-order valence-corrected chi connectivity index (χ2v) is 3.58. The van der Waals surface area contributed by atoms with E-state index in [1.807, 2.05) is 6.92 Å². The van der Waals surface area contributed by atoms with E-state index in [1.54, 1.807) is 19.1 Å². The third-order valence-electron chi connectivity index (χ3n) is 2.23. The summed E-state index contributed by atoms with van der Waals surface area (Å²) in [5, 5.41) is 9.63. The summed E-state index contributed by atoms with van der Waals surface area (Å²) in [6.07, 6.45) is -0.404. The molecule has 0 amide bonds. The Morgan fingerprint density at radius 1 is 1.43 bits per heavy atom. The summed E-state index contributed by atoms with van der Waals surface area (Å²) in [7, 11) is 0. The van der Waals surface area contributed by atoms with Crippen LogP contribution < -0.4 is 5.73 Å². The normalized spacial score (nSPS) is 12.9. The van der Waals surface area contributed by atoms with E-state index in [0.717, 1.165) is 5.56 Å². The van der Waals surface area contributed by atoms with E-state index in [-0.39, 0.29) is 5.82 Å². The summed E-state index contributed by atoms with van der Waals surface area (Å²) in [5.74, 6) is -0.323. The largest absolute Gasteiger partial charge is 0.388 e. The van der Waals surface area contributed by atoms with Gasteiger partial charge in [-0.2, -0.15) is 0 Å². The highest BCUT2D eigenvalue weighted by atomic mass is 19.1. The van der Waals surface area contributed by atoms with E-state index >= 15 is 0 Å². The quantitative estimate of drug-likeness (QED) is 0.776. The molecule has 0 aliphatic carbocycles. The highest BCUT2D eigenvalue weighted by Crippen LogP contribution is 2.23. The lowest BCUT2D eigenvalue weighted by atomic mass is 10.0. The molecule has 0 bridgehead atoms. The zero-order valence-corrected chi connectivity index (χ0v) is 8.55. The molecule has 14 heavy (non-hydrogen) atoms. The van der Waals surface area contributed by atoms with Gasteiger partial charge in [0.05, 0.1) is 6.10 Å². The Bertz CT molecular complexity index is 325. The molecule has 3 N–H and O–H groups in total. The lowest BCUT2D eigenvalue weighted by Gasteiger charge is -2.13. The second kappa shape index (κ2) is 4.53. The maximum Gasteiger partial charge on any atom is 0.131 e. The monoisotopic (exact) mass is 197 g/mol. The Balaban J connectivity index is 3.07. The van der Waals surface area contributed by atoms with Crippen molar-refractivity contribution in [2.45, 2.75) is 26.4 Å². The number of aryl methyl sites for hydroxylation is 2. The van der Waals surface area contributed by atoms with Crippen molar-refractivity contribution in [1.82, 2.24) is 0 Å². The zero-order chi connectivity index (χ0) is 10.7. The van der Waals surface area contributed by atoms with Crippen LogP contribution in [0.15, 0.2) is 12.1 Å². The van der Waals surface area contributed by atoms with Gasteiger partial charge in [-0.25, -0.2) is 4.39 Å². The Labute approximate surface area is 83.6 Å². The van der Waals surface area contributed by atoms with Gasteiger partial charge >= 0.3 is 0 Å². The first kappa shape index (κ1) is 11.1. The standard InChI is InChI=1S/C11H16FNO/c1-7-5-8(2)11(12)9(6-7)10(14)3-4-13/h5-6,10,14H,3-4,13H2,1-2H3. The maximum atomic E-state index is 13.6. The highest BCUT2D eigenvalue weighted by molar-refractivity contribution is 5.31. The fourth-order valence-electron chi connectivity index (χ4n) is 1.54. The Hall–Kier alpha value is -0.930. The molecule has 3 heteroatoms. The van der Waals surface area contributed by atoms with Gasteiger partial charge in [-0.1, -0.05) is 17.7 Å². The summed E-state index contributed by atoms with van der Waals surface area (Å²) < 4.78 is 13.6. The maximum absolute atomic E-state index is 13.6. The van der Waals surface area contributed by atoms with Gasteiger partial charge in [0.15, 0.2) is 0 Å². The van der Waals surface area contributed by atoms with Gasteiger partial charge in [-0.05, 0) is 32.4 Å². The molecule has 1 unspecified atom stereocenters. The Morgan fingerprint density at radius 3 is 2.64 bits per heavy atom. The molecule has 0 heterocycles. The molecule has 0 saturated heterocycles. The molecular formula is C11H16FNO. The lowest BCUT2D eigenvalue weighted by Crippen LogP contribution is -2.09. The van der Waals surface area contributed by atoms with E-state index in [4.69, 9.17) is 5.73 Å². The van der Waals surface area contributed by atoms with Crippen LogP contribution in [-0.2, 0) is 0 Å². The van der Waals surface area contributed by atoms with Crippen LogP contribution in [-0.4, -0.2) is 11.7 Å². The third-order valence-corrected chi connectivity index (χ3v) is 2.23. The first-order valence-electron chi connectivity index (χ1n) is 4.71. The number of hydrogen-bond acceptors (Lipinski definition) is 2. The third kappa shape index (κ3) is 2.30. The van der Waals surface area contributed by atoms with Crippen LogP contribution in [0.2, 0.25) is 0 Å². The van der Waals surface area contributed by atoms with E-state index in [1.165, 1.54) is 0 Å². The molecule has 0 aliphatic heterocycles. The average molecular weight is 197 g/mol. The molecule has 0 aromatic heterocycles. The van der Waals surface area contributed by atoms with Gasteiger partial charge in [-0.3, -0.25) is 0 Å². The molecule has 1 rings (SSSR count). The number of nitrogens with two attached hydrogens (primary N) is 1. The van der Waals surface area contributed by atoms with Crippen molar-refractivity contribution in [3.8, 4) is 0 Å².